The van der Waals surface area contributed by atoms with E-state index in [1.165, 1.54) is 50.6 Å². The van der Waals surface area contributed by atoms with Crippen LogP contribution < -0.4 is 5.32 Å². The molecule has 0 aliphatic heterocycles. The SMILES string of the molecule is CC(=O)O[C@H]1CC[C@@]2(C)C(=C[C@@H](Nc3ccccc3)[C@@H]3[C@H]4CC[C@@H]([C@H](C)CCCC(C)C)[C@@]4(C)CC[C@H]32)C1. The zero-order valence-electron chi connectivity index (χ0n) is 25.0. The van der Waals surface area contributed by atoms with Crippen molar-refractivity contribution >= 4 is 11.7 Å². The summed E-state index contributed by atoms with van der Waals surface area (Å²) in [5.74, 6) is 4.51. The molecule has 0 unspecified atom stereocenters. The van der Waals surface area contributed by atoms with Crippen molar-refractivity contribution in [1.29, 1.82) is 0 Å². The molecule has 1 aromatic carbocycles. The van der Waals surface area contributed by atoms with Crippen LogP contribution in [-0.2, 0) is 9.53 Å². The van der Waals surface area contributed by atoms with E-state index in [2.05, 4.69) is 76.3 Å². The Hall–Kier alpha value is -1.77. The quantitative estimate of drug-likeness (QED) is 0.275. The van der Waals surface area contributed by atoms with Crippen molar-refractivity contribution in [2.75, 3.05) is 5.32 Å². The van der Waals surface area contributed by atoms with Gasteiger partial charge in [0.15, 0.2) is 0 Å². The van der Waals surface area contributed by atoms with Gasteiger partial charge in [-0.2, -0.15) is 0 Å². The highest BCUT2D eigenvalue weighted by Crippen LogP contribution is 2.67. The summed E-state index contributed by atoms with van der Waals surface area (Å²) in [4.78, 5) is 11.8. The van der Waals surface area contributed by atoms with Crippen molar-refractivity contribution < 1.29 is 9.53 Å². The van der Waals surface area contributed by atoms with Gasteiger partial charge in [0.1, 0.15) is 6.10 Å². The van der Waals surface area contributed by atoms with Crippen LogP contribution in [0.2, 0.25) is 0 Å². The first-order valence-electron chi connectivity index (χ1n) is 15.8. The number of carbonyl (C=O) groups excluding carboxylic acids is 1. The Morgan fingerprint density at radius 1 is 1.00 bits per heavy atom. The number of esters is 1. The summed E-state index contributed by atoms with van der Waals surface area (Å²) < 4.78 is 5.75. The maximum absolute atomic E-state index is 11.8. The molecule has 1 aromatic rings. The van der Waals surface area contributed by atoms with Crippen molar-refractivity contribution in [1.82, 2.24) is 0 Å². The van der Waals surface area contributed by atoms with Crippen LogP contribution in [0.15, 0.2) is 42.0 Å². The fraction of sp³-hybridized carbons (Fsp3) is 0.743. The van der Waals surface area contributed by atoms with E-state index in [-0.39, 0.29) is 17.5 Å². The van der Waals surface area contributed by atoms with Crippen LogP contribution in [-0.4, -0.2) is 18.1 Å². The van der Waals surface area contributed by atoms with Gasteiger partial charge in [0.05, 0.1) is 0 Å². The van der Waals surface area contributed by atoms with E-state index < -0.39 is 0 Å². The third kappa shape index (κ3) is 5.20. The number of hydrogen-bond donors (Lipinski definition) is 1. The average molecular weight is 520 g/mol. The molecule has 4 aliphatic carbocycles. The second-order valence-electron chi connectivity index (χ2n) is 14.4. The number of ether oxygens (including phenoxy) is 1. The van der Waals surface area contributed by atoms with Crippen LogP contribution in [0.1, 0.15) is 106 Å². The minimum Gasteiger partial charge on any atom is -0.462 e. The summed E-state index contributed by atoms with van der Waals surface area (Å²) in [6, 6.07) is 11.2. The number of para-hydroxylation sites is 1. The normalized spacial score (nSPS) is 39.0. The largest absolute Gasteiger partial charge is 0.462 e. The van der Waals surface area contributed by atoms with Gasteiger partial charge in [0.2, 0.25) is 0 Å². The van der Waals surface area contributed by atoms with Crippen LogP contribution in [0.4, 0.5) is 5.69 Å². The molecule has 0 aromatic heterocycles. The maximum Gasteiger partial charge on any atom is 0.302 e. The fourth-order valence-electron chi connectivity index (χ4n) is 9.88. The molecular formula is C35H53NO2. The second kappa shape index (κ2) is 11.0. The van der Waals surface area contributed by atoms with Gasteiger partial charge in [0, 0.05) is 25.1 Å². The summed E-state index contributed by atoms with van der Waals surface area (Å²) >= 11 is 0. The Kier molecular flexibility index (Phi) is 8.05. The summed E-state index contributed by atoms with van der Waals surface area (Å²) in [7, 11) is 0. The first kappa shape index (κ1) is 27.8. The van der Waals surface area contributed by atoms with Gasteiger partial charge in [-0.1, -0.05) is 83.7 Å². The molecule has 3 heteroatoms. The number of rotatable bonds is 8. The Labute approximate surface area is 232 Å². The standard InChI is InChI=1S/C35H53NO2/c1-23(2)11-10-12-24(3)29-15-16-30-33-31(18-20-35(29,30)6)34(5)19-17-28(38-25(4)37)21-26(34)22-32(33)36-27-13-8-7-9-14-27/h7-9,13-14,22-24,28-33,36H,10-12,15-21H2,1-6H3/t24-,28+,29+,30-,31-,32-,33-,34+,35-/m1/s1. The summed E-state index contributed by atoms with van der Waals surface area (Å²) in [5.41, 5.74) is 3.46. The Balaban J connectivity index is 1.44. The van der Waals surface area contributed by atoms with Gasteiger partial charge in [-0.25, -0.2) is 0 Å². The predicted octanol–water partition coefficient (Wildman–Crippen LogP) is 9.05. The number of anilines is 1. The third-order valence-corrected chi connectivity index (χ3v) is 11.8. The van der Waals surface area contributed by atoms with Gasteiger partial charge < -0.3 is 10.1 Å². The predicted molar refractivity (Wildman–Crippen MR) is 158 cm³/mol. The van der Waals surface area contributed by atoms with Crippen molar-refractivity contribution in [3.63, 3.8) is 0 Å². The van der Waals surface area contributed by atoms with Crippen LogP contribution in [0.3, 0.4) is 0 Å². The first-order chi connectivity index (χ1) is 18.1. The van der Waals surface area contributed by atoms with Crippen molar-refractivity contribution in [2.24, 2.45) is 46.3 Å². The van der Waals surface area contributed by atoms with Crippen LogP contribution in [0, 0.1) is 46.3 Å². The molecule has 0 bridgehead atoms. The lowest BCUT2D eigenvalue weighted by Gasteiger charge is -2.60. The Morgan fingerprint density at radius 2 is 1.76 bits per heavy atom. The number of hydrogen-bond acceptors (Lipinski definition) is 3. The van der Waals surface area contributed by atoms with Crippen molar-refractivity contribution in [3.05, 3.63) is 42.0 Å². The highest BCUT2D eigenvalue weighted by molar-refractivity contribution is 5.66. The molecule has 3 fully saturated rings. The van der Waals surface area contributed by atoms with Gasteiger partial charge >= 0.3 is 5.97 Å². The fourth-order valence-corrected chi connectivity index (χ4v) is 9.88. The molecule has 5 rings (SSSR count). The maximum atomic E-state index is 11.8. The lowest BCUT2D eigenvalue weighted by molar-refractivity contribution is -0.148. The van der Waals surface area contributed by atoms with E-state index in [1.807, 2.05) is 0 Å². The van der Waals surface area contributed by atoms with E-state index in [9.17, 15) is 4.79 Å². The lowest BCUT2D eigenvalue weighted by Crippen LogP contribution is -2.56. The Bertz CT molecular complexity index is 1000. The van der Waals surface area contributed by atoms with Crippen LogP contribution >= 0.6 is 0 Å². The highest BCUT2D eigenvalue weighted by atomic mass is 16.5. The zero-order chi connectivity index (χ0) is 27.1. The molecule has 4 aliphatic rings. The van der Waals surface area contributed by atoms with Gasteiger partial charge in [-0.15, -0.1) is 0 Å². The minimum atomic E-state index is -0.139. The molecule has 210 valence electrons. The van der Waals surface area contributed by atoms with E-state index in [1.54, 1.807) is 12.5 Å². The van der Waals surface area contributed by atoms with E-state index >= 15 is 0 Å². The molecule has 9 atom stereocenters. The molecule has 0 spiro atoms. The molecule has 0 heterocycles. The summed E-state index contributed by atoms with van der Waals surface area (Å²) in [6.45, 7) is 14.1. The minimum absolute atomic E-state index is 0.0390. The molecular weight excluding hydrogens is 466 g/mol. The van der Waals surface area contributed by atoms with Crippen LogP contribution in [0.25, 0.3) is 0 Å². The molecule has 1 N–H and O–H groups in total. The van der Waals surface area contributed by atoms with Gasteiger partial charge in [-0.3, -0.25) is 4.79 Å². The van der Waals surface area contributed by atoms with Crippen molar-refractivity contribution in [3.8, 4) is 0 Å². The van der Waals surface area contributed by atoms with Crippen molar-refractivity contribution in [2.45, 2.75) is 118 Å². The average Bonchev–Trinajstić information content (AvgIpc) is 3.22. The smallest absolute Gasteiger partial charge is 0.302 e. The van der Waals surface area contributed by atoms with Gasteiger partial charge in [-0.05, 0) is 97.0 Å². The molecule has 0 saturated heterocycles. The summed E-state index contributed by atoms with van der Waals surface area (Å²) in [6.07, 6.45) is 15.4. The number of nitrogens with one attached hydrogen (secondary N) is 1. The summed E-state index contributed by atoms with van der Waals surface area (Å²) in [5, 5.41) is 4.02. The topological polar surface area (TPSA) is 38.3 Å². The molecule has 38 heavy (non-hydrogen) atoms. The molecule has 0 amide bonds. The van der Waals surface area contributed by atoms with E-state index in [0.717, 1.165) is 42.9 Å². The second-order valence-corrected chi connectivity index (χ2v) is 14.4. The number of benzene rings is 1. The number of carbonyl (C=O) groups is 1. The monoisotopic (exact) mass is 519 g/mol. The Morgan fingerprint density at radius 3 is 2.47 bits per heavy atom. The highest BCUT2D eigenvalue weighted by Gasteiger charge is 2.61. The van der Waals surface area contributed by atoms with E-state index in [4.69, 9.17) is 4.74 Å². The third-order valence-electron chi connectivity index (χ3n) is 11.8. The molecule has 3 nitrogen and oxygen atoms in total. The first-order valence-corrected chi connectivity index (χ1v) is 15.8. The molecule has 0 radical (unpaired) electrons. The van der Waals surface area contributed by atoms with Gasteiger partial charge in [0.25, 0.3) is 0 Å². The lowest BCUT2D eigenvalue weighted by atomic mass is 9.46. The van der Waals surface area contributed by atoms with E-state index in [0.29, 0.717) is 23.3 Å². The van der Waals surface area contributed by atoms with Crippen LogP contribution in [0.5, 0.6) is 0 Å². The number of fused-ring (bicyclic) bond motifs is 5. The molecule has 3 saturated carbocycles. The zero-order valence-corrected chi connectivity index (χ0v) is 25.0.